The Labute approximate surface area is 178 Å². The van der Waals surface area contributed by atoms with Gasteiger partial charge in [-0.05, 0) is 50.4 Å². The number of nitrogen functional groups attached to an aromatic ring is 1. The number of aryl methyl sites for hydroxylation is 2. The van der Waals surface area contributed by atoms with Crippen LogP contribution < -0.4 is 11.3 Å². The van der Waals surface area contributed by atoms with Crippen LogP contribution in [-0.4, -0.2) is 31.9 Å². The number of nitrogens with zero attached hydrogens (tertiary/aromatic N) is 4. The quantitative estimate of drug-likeness (QED) is 0.491. The van der Waals surface area contributed by atoms with Crippen molar-refractivity contribution in [3.8, 4) is 0 Å². The third-order valence-electron chi connectivity index (χ3n) is 5.63. The van der Waals surface area contributed by atoms with Gasteiger partial charge < -0.3 is 10.7 Å². The van der Waals surface area contributed by atoms with Gasteiger partial charge in [-0.3, -0.25) is 9.69 Å². The van der Waals surface area contributed by atoms with Gasteiger partial charge in [0.05, 0.1) is 29.4 Å². The number of H-pyrrole nitrogens is 1. The van der Waals surface area contributed by atoms with Gasteiger partial charge in [-0.2, -0.15) is 0 Å². The highest BCUT2D eigenvalue weighted by molar-refractivity contribution is 7.19. The number of thiophene rings is 1. The Morgan fingerprint density at radius 3 is 2.83 bits per heavy atom. The lowest BCUT2D eigenvalue weighted by Crippen LogP contribution is -2.23. The van der Waals surface area contributed by atoms with E-state index in [0.717, 1.165) is 23.1 Å². The number of nitrogens with two attached hydrogens (primary N) is 1. The molecule has 3 N–H and O–H groups in total. The fourth-order valence-corrected chi connectivity index (χ4v) is 5.53. The van der Waals surface area contributed by atoms with Gasteiger partial charge in [0.2, 0.25) is 0 Å². The van der Waals surface area contributed by atoms with E-state index in [0.29, 0.717) is 41.5 Å². The second kappa shape index (κ2) is 7.77. The molecule has 0 saturated carbocycles. The SMILES string of the molecule is CN(Cc1nc(N)c2c3c(sc2n1)CCCCC3)Cc1nc2ccccc2c(=O)[nH]1. The largest absolute Gasteiger partial charge is 0.383 e. The zero-order valence-corrected chi connectivity index (χ0v) is 17.8. The fraction of sp³-hybridized carbons (Fsp3) is 0.364. The molecule has 1 aliphatic rings. The van der Waals surface area contributed by atoms with Crippen molar-refractivity contribution in [2.24, 2.45) is 0 Å². The summed E-state index contributed by atoms with van der Waals surface area (Å²) in [5.74, 6) is 1.90. The van der Waals surface area contributed by atoms with Crippen LogP contribution in [0.3, 0.4) is 0 Å². The van der Waals surface area contributed by atoms with E-state index in [1.807, 2.05) is 30.1 Å². The molecular weight excluding hydrogens is 396 g/mol. The van der Waals surface area contributed by atoms with E-state index >= 15 is 0 Å². The summed E-state index contributed by atoms with van der Waals surface area (Å²) in [6.07, 6.45) is 5.91. The second-order valence-corrected chi connectivity index (χ2v) is 9.06. The van der Waals surface area contributed by atoms with Gasteiger partial charge in [0.15, 0.2) is 0 Å². The van der Waals surface area contributed by atoms with E-state index in [1.165, 1.54) is 29.7 Å². The van der Waals surface area contributed by atoms with E-state index in [-0.39, 0.29) is 5.56 Å². The lowest BCUT2D eigenvalue weighted by molar-refractivity contribution is 0.303. The highest BCUT2D eigenvalue weighted by Gasteiger charge is 2.19. The minimum absolute atomic E-state index is 0.119. The summed E-state index contributed by atoms with van der Waals surface area (Å²) in [5.41, 5.74) is 8.31. The van der Waals surface area contributed by atoms with E-state index in [1.54, 1.807) is 17.4 Å². The Morgan fingerprint density at radius 1 is 1.10 bits per heavy atom. The van der Waals surface area contributed by atoms with Crippen LogP contribution >= 0.6 is 11.3 Å². The molecule has 0 amide bonds. The van der Waals surface area contributed by atoms with Gasteiger partial charge in [-0.25, -0.2) is 15.0 Å². The van der Waals surface area contributed by atoms with Gasteiger partial charge in [0.25, 0.3) is 5.56 Å². The van der Waals surface area contributed by atoms with Crippen molar-refractivity contribution in [3.63, 3.8) is 0 Å². The van der Waals surface area contributed by atoms with Crippen molar-refractivity contribution in [1.82, 2.24) is 24.8 Å². The molecule has 0 aliphatic heterocycles. The van der Waals surface area contributed by atoms with Crippen LogP contribution in [0.4, 0.5) is 5.82 Å². The Morgan fingerprint density at radius 2 is 1.93 bits per heavy atom. The van der Waals surface area contributed by atoms with Gasteiger partial charge >= 0.3 is 0 Å². The minimum atomic E-state index is -0.119. The minimum Gasteiger partial charge on any atom is -0.383 e. The molecule has 0 atom stereocenters. The van der Waals surface area contributed by atoms with Crippen molar-refractivity contribution in [1.29, 1.82) is 0 Å². The Bertz CT molecular complexity index is 1290. The van der Waals surface area contributed by atoms with Crippen LogP contribution in [0.1, 0.15) is 41.4 Å². The normalized spacial score (nSPS) is 14.3. The molecule has 1 aromatic carbocycles. The first-order chi connectivity index (χ1) is 14.6. The molecule has 30 heavy (non-hydrogen) atoms. The smallest absolute Gasteiger partial charge is 0.258 e. The topological polar surface area (TPSA) is 101 Å². The van der Waals surface area contributed by atoms with Gasteiger partial charge in [0.1, 0.15) is 22.3 Å². The number of hydrogen-bond acceptors (Lipinski definition) is 7. The third kappa shape index (κ3) is 3.57. The summed E-state index contributed by atoms with van der Waals surface area (Å²) in [4.78, 5) is 33.6. The zero-order valence-electron chi connectivity index (χ0n) is 16.9. The molecule has 0 saturated heterocycles. The molecule has 5 rings (SSSR count). The predicted molar refractivity (Wildman–Crippen MR) is 121 cm³/mol. The number of benzene rings is 1. The molecular formula is C22H24N6OS. The molecule has 0 fully saturated rings. The first kappa shape index (κ1) is 19.1. The van der Waals surface area contributed by atoms with E-state index in [9.17, 15) is 4.79 Å². The average molecular weight is 421 g/mol. The summed E-state index contributed by atoms with van der Waals surface area (Å²) in [7, 11) is 1.96. The standard InChI is InChI=1S/C22H24N6OS/c1-28(11-17-24-15-9-6-5-7-13(15)21(29)26-17)12-18-25-20(23)19-14-8-3-2-4-10-16(14)30-22(19)27-18/h5-7,9H,2-4,8,10-12H2,1H3,(H2,23,25,27)(H,24,26,29). The maximum atomic E-state index is 12.3. The van der Waals surface area contributed by atoms with Crippen LogP contribution in [0.25, 0.3) is 21.1 Å². The van der Waals surface area contributed by atoms with Crippen LogP contribution in [0.5, 0.6) is 0 Å². The lowest BCUT2D eigenvalue weighted by Gasteiger charge is -2.15. The monoisotopic (exact) mass is 420 g/mol. The summed E-state index contributed by atoms with van der Waals surface area (Å²) in [6.45, 7) is 1.02. The second-order valence-electron chi connectivity index (χ2n) is 7.97. The lowest BCUT2D eigenvalue weighted by atomic mass is 10.1. The third-order valence-corrected chi connectivity index (χ3v) is 6.82. The summed E-state index contributed by atoms with van der Waals surface area (Å²) >= 11 is 1.77. The number of hydrogen-bond donors (Lipinski definition) is 2. The molecule has 3 heterocycles. The number of nitrogens with one attached hydrogen (secondary N) is 1. The first-order valence-corrected chi connectivity index (χ1v) is 11.1. The molecule has 154 valence electrons. The first-order valence-electron chi connectivity index (χ1n) is 10.3. The zero-order chi connectivity index (χ0) is 20.7. The molecule has 1 aliphatic carbocycles. The van der Waals surface area contributed by atoms with E-state index in [2.05, 4.69) is 15.0 Å². The number of anilines is 1. The number of aromatic nitrogens is 4. The van der Waals surface area contributed by atoms with Crippen molar-refractivity contribution >= 4 is 38.3 Å². The molecule has 8 heteroatoms. The fourth-order valence-electron chi connectivity index (χ4n) is 4.24. The predicted octanol–water partition coefficient (Wildman–Crippen LogP) is 3.41. The van der Waals surface area contributed by atoms with Crippen LogP contribution in [0, 0.1) is 0 Å². The summed E-state index contributed by atoms with van der Waals surface area (Å²) in [5, 5.41) is 1.66. The van der Waals surface area contributed by atoms with Crippen molar-refractivity contribution < 1.29 is 0 Å². The summed E-state index contributed by atoms with van der Waals surface area (Å²) < 4.78 is 0. The van der Waals surface area contributed by atoms with Gasteiger partial charge in [0, 0.05) is 4.88 Å². The summed E-state index contributed by atoms with van der Waals surface area (Å²) in [6, 6.07) is 7.36. The number of para-hydroxylation sites is 1. The molecule has 3 aromatic heterocycles. The van der Waals surface area contributed by atoms with Gasteiger partial charge in [-0.15, -0.1) is 11.3 Å². The van der Waals surface area contributed by atoms with E-state index < -0.39 is 0 Å². The number of fused-ring (bicyclic) bond motifs is 4. The van der Waals surface area contributed by atoms with E-state index in [4.69, 9.17) is 10.7 Å². The maximum Gasteiger partial charge on any atom is 0.258 e. The molecule has 4 aromatic rings. The van der Waals surface area contributed by atoms with Gasteiger partial charge in [-0.1, -0.05) is 18.6 Å². The molecule has 0 spiro atoms. The van der Waals surface area contributed by atoms with Crippen molar-refractivity contribution in [3.05, 3.63) is 56.7 Å². The Hall–Kier alpha value is -2.84. The van der Waals surface area contributed by atoms with Crippen molar-refractivity contribution in [2.45, 2.75) is 45.2 Å². The maximum absolute atomic E-state index is 12.3. The van der Waals surface area contributed by atoms with Crippen LogP contribution in [-0.2, 0) is 25.9 Å². The molecule has 7 nitrogen and oxygen atoms in total. The molecule has 0 unspecified atom stereocenters. The molecule has 0 radical (unpaired) electrons. The Balaban J connectivity index is 1.39. The number of rotatable bonds is 4. The Kier molecular flexibility index (Phi) is 4.96. The average Bonchev–Trinajstić information content (AvgIpc) is 2.90. The number of aromatic amines is 1. The molecule has 0 bridgehead atoms. The highest BCUT2D eigenvalue weighted by atomic mass is 32.1. The van der Waals surface area contributed by atoms with Crippen LogP contribution in [0.2, 0.25) is 0 Å². The van der Waals surface area contributed by atoms with Crippen LogP contribution in [0.15, 0.2) is 29.1 Å². The van der Waals surface area contributed by atoms with Crippen molar-refractivity contribution in [2.75, 3.05) is 12.8 Å². The highest BCUT2D eigenvalue weighted by Crippen LogP contribution is 2.37.